The molecular weight excluding hydrogens is 380 g/mol. The average molecular weight is 408 g/mol. The largest absolute Gasteiger partial charge is 0.493 e. The number of aryl methyl sites for hydroxylation is 1. The van der Waals surface area contributed by atoms with Crippen molar-refractivity contribution in [1.29, 1.82) is 0 Å². The minimum atomic E-state index is -0.192. The highest BCUT2D eigenvalue weighted by Gasteiger charge is 2.41. The smallest absolute Gasteiger partial charge is 0.208 e. The zero-order chi connectivity index (χ0) is 20.9. The number of carbonyl (C=O) groups excluding carboxylic acids is 1. The maximum Gasteiger partial charge on any atom is 0.208 e. The third-order valence-corrected chi connectivity index (χ3v) is 5.78. The molecule has 158 valence electrons. The Morgan fingerprint density at radius 3 is 2.60 bits per heavy atom. The van der Waals surface area contributed by atoms with Crippen LogP contribution >= 0.6 is 0 Å². The summed E-state index contributed by atoms with van der Waals surface area (Å²) in [5.41, 5.74) is 2.43. The fourth-order valence-electron chi connectivity index (χ4n) is 4.07. The van der Waals surface area contributed by atoms with Crippen molar-refractivity contribution < 1.29 is 23.7 Å². The van der Waals surface area contributed by atoms with Gasteiger partial charge in [-0.3, -0.25) is 4.79 Å². The average Bonchev–Trinajstić information content (AvgIpc) is 2.76. The molecule has 2 aromatic carbocycles. The van der Waals surface area contributed by atoms with Crippen LogP contribution in [0.15, 0.2) is 60.6 Å². The lowest BCUT2D eigenvalue weighted by atomic mass is 9.80. The Labute approximate surface area is 177 Å². The molecule has 1 saturated carbocycles. The number of ketones is 1. The fraction of sp³-hybridized carbons (Fsp3) is 0.400. The Morgan fingerprint density at radius 1 is 1.03 bits per heavy atom. The second kappa shape index (κ2) is 9.35. The molecule has 30 heavy (non-hydrogen) atoms. The molecule has 1 fully saturated rings. The fourth-order valence-corrected chi connectivity index (χ4v) is 4.07. The van der Waals surface area contributed by atoms with E-state index in [1.807, 2.05) is 37.3 Å². The molecule has 0 spiro atoms. The van der Waals surface area contributed by atoms with Crippen LogP contribution in [0.25, 0.3) is 0 Å². The standard InChI is InChI=1S/C25H28O5/c1-3-27-21-10-6-7-11-22(21)30-24-16-29-23-14-19(12-13-20(23)25(24)26)28-15-18-9-5-4-8-17(18)2/h4-11,16,19-20,23H,3,12-15H2,1-2H3. The lowest BCUT2D eigenvalue weighted by Crippen LogP contribution is -2.42. The van der Waals surface area contributed by atoms with Crippen LogP contribution in [-0.2, 0) is 20.9 Å². The molecule has 1 aliphatic heterocycles. The quantitative estimate of drug-likeness (QED) is 0.648. The number of ether oxygens (including phenoxy) is 4. The number of benzene rings is 2. The second-order valence-corrected chi connectivity index (χ2v) is 7.78. The highest BCUT2D eigenvalue weighted by molar-refractivity contribution is 5.96. The van der Waals surface area contributed by atoms with Gasteiger partial charge in [0.2, 0.25) is 11.5 Å². The topological polar surface area (TPSA) is 54.0 Å². The zero-order valence-corrected chi connectivity index (χ0v) is 17.5. The lowest BCUT2D eigenvalue weighted by Gasteiger charge is -2.37. The summed E-state index contributed by atoms with van der Waals surface area (Å²) in [6, 6.07) is 15.6. The highest BCUT2D eigenvalue weighted by Crippen LogP contribution is 2.37. The van der Waals surface area contributed by atoms with E-state index >= 15 is 0 Å². The Bertz CT molecular complexity index is 919. The first-order valence-corrected chi connectivity index (χ1v) is 10.6. The molecule has 3 atom stereocenters. The van der Waals surface area contributed by atoms with E-state index in [4.69, 9.17) is 18.9 Å². The van der Waals surface area contributed by atoms with Gasteiger partial charge in [-0.2, -0.15) is 0 Å². The van der Waals surface area contributed by atoms with E-state index in [-0.39, 0.29) is 29.7 Å². The number of hydrogen-bond donors (Lipinski definition) is 0. The van der Waals surface area contributed by atoms with Gasteiger partial charge in [0.05, 0.1) is 25.2 Å². The number of Topliss-reactive ketones (excluding diaryl/α,β-unsaturated/α-hetero) is 1. The van der Waals surface area contributed by atoms with Crippen LogP contribution in [-0.4, -0.2) is 24.6 Å². The Kier molecular flexibility index (Phi) is 6.38. The molecule has 0 bridgehead atoms. The highest BCUT2D eigenvalue weighted by atomic mass is 16.5. The molecule has 0 saturated heterocycles. The van der Waals surface area contributed by atoms with E-state index in [1.54, 1.807) is 6.07 Å². The number of rotatable bonds is 7. The number of hydrogen-bond acceptors (Lipinski definition) is 5. The van der Waals surface area contributed by atoms with Gasteiger partial charge < -0.3 is 18.9 Å². The molecule has 0 amide bonds. The van der Waals surface area contributed by atoms with Crippen molar-refractivity contribution >= 4 is 5.78 Å². The summed E-state index contributed by atoms with van der Waals surface area (Å²) in [6.07, 6.45) is 3.66. The van der Waals surface area contributed by atoms with Gasteiger partial charge >= 0.3 is 0 Å². The van der Waals surface area contributed by atoms with Crippen molar-refractivity contribution in [3.05, 3.63) is 71.7 Å². The molecule has 3 unspecified atom stereocenters. The SMILES string of the molecule is CCOc1ccccc1OC1=COC2CC(OCc3ccccc3C)CCC2C1=O. The molecule has 0 aromatic heterocycles. The molecule has 2 aromatic rings. The first kappa shape index (κ1) is 20.5. The summed E-state index contributed by atoms with van der Waals surface area (Å²) in [5.74, 6) is 1.18. The minimum absolute atomic E-state index is 0.00472. The van der Waals surface area contributed by atoms with E-state index in [9.17, 15) is 4.79 Å². The molecule has 0 radical (unpaired) electrons. The summed E-state index contributed by atoms with van der Waals surface area (Å²) >= 11 is 0. The minimum Gasteiger partial charge on any atom is -0.493 e. The number of carbonyl (C=O) groups is 1. The lowest BCUT2D eigenvalue weighted by molar-refractivity contribution is -0.134. The van der Waals surface area contributed by atoms with Crippen molar-refractivity contribution in [3.63, 3.8) is 0 Å². The molecule has 1 heterocycles. The van der Waals surface area contributed by atoms with Crippen molar-refractivity contribution in [1.82, 2.24) is 0 Å². The second-order valence-electron chi connectivity index (χ2n) is 7.78. The van der Waals surface area contributed by atoms with Gasteiger partial charge in [0.15, 0.2) is 11.5 Å². The van der Waals surface area contributed by atoms with Gasteiger partial charge in [0.1, 0.15) is 12.4 Å². The van der Waals surface area contributed by atoms with Crippen molar-refractivity contribution in [2.45, 2.75) is 51.9 Å². The van der Waals surface area contributed by atoms with Gasteiger partial charge in [-0.25, -0.2) is 0 Å². The third-order valence-electron chi connectivity index (χ3n) is 5.78. The van der Waals surface area contributed by atoms with E-state index in [0.29, 0.717) is 31.1 Å². The number of para-hydroxylation sites is 2. The Balaban J connectivity index is 1.38. The van der Waals surface area contributed by atoms with Crippen LogP contribution in [0.4, 0.5) is 0 Å². The van der Waals surface area contributed by atoms with Crippen LogP contribution in [0, 0.1) is 12.8 Å². The Morgan fingerprint density at radius 2 is 1.80 bits per heavy atom. The molecule has 5 nitrogen and oxygen atoms in total. The molecule has 0 N–H and O–H groups in total. The maximum absolute atomic E-state index is 13.0. The number of allylic oxidation sites excluding steroid dienone is 1. The first-order valence-electron chi connectivity index (χ1n) is 10.6. The van der Waals surface area contributed by atoms with E-state index in [0.717, 1.165) is 12.8 Å². The van der Waals surface area contributed by atoms with Gasteiger partial charge in [-0.15, -0.1) is 0 Å². The van der Waals surface area contributed by atoms with Crippen molar-refractivity contribution in [2.24, 2.45) is 5.92 Å². The summed E-state index contributed by atoms with van der Waals surface area (Å²) in [4.78, 5) is 13.0. The monoisotopic (exact) mass is 408 g/mol. The van der Waals surface area contributed by atoms with Gasteiger partial charge in [-0.05, 0) is 49.9 Å². The van der Waals surface area contributed by atoms with Gasteiger partial charge in [-0.1, -0.05) is 36.4 Å². The first-order chi connectivity index (χ1) is 14.7. The summed E-state index contributed by atoms with van der Waals surface area (Å²) in [7, 11) is 0. The molecule has 4 rings (SSSR count). The summed E-state index contributed by atoms with van der Waals surface area (Å²) in [6.45, 7) is 5.11. The third kappa shape index (κ3) is 4.51. The van der Waals surface area contributed by atoms with Gasteiger partial charge in [0.25, 0.3) is 0 Å². The maximum atomic E-state index is 13.0. The molecule has 5 heteroatoms. The van der Waals surface area contributed by atoms with E-state index < -0.39 is 0 Å². The van der Waals surface area contributed by atoms with Crippen LogP contribution in [0.3, 0.4) is 0 Å². The summed E-state index contributed by atoms with van der Waals surface area (Å²) in [5, 5.41) is 0. The van der Waals surface area contributed by atoms with Crippen LogP contribution in [0.2, 0.25) is 0 Å². The van der Waals surface area contributed by atoms with Crippen molar-refractivity contribution in [3.8, 4) is 11.5 Å². The van der Waals surface area contributed by atoms with Gasteiger partial charge in [0, 0.05) is 6.42 Å². The molecule has 2 aliphatic rings. The number of fused-ring (bicyclic) bond motifs is 1. The zero-order valence-electron chi connectivity index (χ0n) is 17.5. The normalized spacial score (nSPS) is 23.2. The molecular formula is C25H28O5. The molecule has 1 aliphatic carbocycles. The predicted octanol–water partition coefficient (Wildman–Crippen LogP) is 4.97. The van der Waals surface area contributed by atoms with Crippen LogP contribution in [0.5, 0.6) is 11.5 Å². The van der Waals surface area contributed by atoms with Crippen molar-refractivity contribution in [2.75, 3.05) is 6.61 Å². The van der Waals surface area contributed by atoms with Crippen LogP contribution < -0.4 is 9.47 Å². The Hall–Kier alpha value is -2.79. The predicted molar refractivity (Wildman–Crippen MR) is 113 cm³/mol. The van der Waals surface area contributed by atoms with E-state index in [1.165, 1.54) is 17.4 Å². The van der Waals surface area contributed by atoms with Crippen LogP contribution in [0.1, 0.15) is 37.3 Å². The summed E-state index contributed by atoms with van der Waals surface area (Å²) < 4.78 is 23.5. The van der Waals surface area contributed by atoms with E-state index in [2.05, 4.69) is 19.1 Å².